The van der Waals surface area contributed by atoms with Crippen LogP contribution in [0.2, 0.25) is 0 Å². The highest BCUT2D eigenvalue weighted by Gasteiger charge is 2.19. The Kier molecular flexibility index (Phi) is 3.81. The van der Waals surface area contributed by atoms with Crippen molar-refractivity contribution in [1.29, 1.82) is 0 Å². The number of rotatable bonds is 3. The van der Waals surface area contributed by atoms with Gasteiger partial charge in [-0.1, -0.05) is 18.2 Å². The SMILES string of the molecule is C#CCC1CN(Nc2ccccc2)CCO1. The van der Waals surface area contributed by atoms with E-state index in [0.29, 0.717) is 6.42 Å². The number of morpholine rings is 1. The van der Waals surface area contributed by atoms with Crippen molar-refractivity contribution in [1.82, 2.24) is 5.01 Å². The number of hydrogen-bond donors (Lipinski definition) is 1. The van der Waals surface area contributed by atoms with Gasteiger partial charge in [0.2, 0.25) is 0 Å². The third kappa shape index (κ3) is 2.99. The summed E-state index contributed by atoms with van der Waals surface area (Å²) in [5.74, 6) is 2.64. The van der Waals surface area contributed by atoms with Gasteiger partial charge in [-0.3, -0.25) is 0 Å². The molecule has 0 bridgehead atoms. The van der Waals surface area contributed by atoms with Gasteiger partial charge in [0.15, 0.2) is 0 Å². The van der Waals surface area contributed by atoms with E-state index in [-0.39, 0.29) is 6.10 Å². The quantitative estimate of drug-likeness (QED) is 0.779. The van der Waals surface area contributed by atoms with E-state index in [1.165, 1.54) is 0 Å². The maximum Gasteiger partial charge on any atom is 0.0829 e. The number of hydrogen-bond acceptors (Lipinski definition) is 3. The zero-order valence-electron chi connectivity index (χ0n) is 9.23. The van der Waals surface area contributed by atoms with Crippen molar-refractivity contribution in [3.05, 3.63) is 30.3 Å². The van der Waals surface area contributed by atoms with Crippen LogP contribution in [0.15, 0.2) is 30.3 Å². The minimum Gasteiger partial charge on any atom is -0.374 e. The fourth-order valence-electron chi connectivity index (χ4n) is 1.77. The Morgan fingerprint density at radius 3 is 3.00 bits per heavy atom. The van der Waals surface area contributed by atoms with Crippen LogP contribution in [0.1, 0.15) is 6.42 Å². The van der Waals surface area contributed by atoms with Crippen LogP contribution in [0.5, 0.6) is 0 Å². The lowest BCUT2D eigenvalue weighted by Crippen LogP contribution is -2.45. The van der Waals surface area contributed by atoms with E-state index in [1.807, 2.05) is 30.3 Å². The van der Waals surface area contributed by atoms with Crippen LogP contribution in [0.25, 0.3) is 0 Å². The Labute approximate surface area is 96.4 Å². The average Bonchev–Trinajstić information content (AvgIpc) is 2.31. The maximum atomic E-state index is 5.56. The van der Waals surface area contributed by atoms with E-state index in [9.17, 15) is 0 Å². The molecule has 1 aromatic rings. The molecule has 1 aromatic carbocycles. The van der Waals surface area contributed by atoms with Crippen molar-refractivity contribution in [2.24, 2.45) is 0 Å². The van der Waals surface area contributed by atoms with E-state index in [4.69, 9.17) is 11.2 Å². The summed E-state index contributed by atoms with van der Waals surface area (Å²) in [4.78, 5) is 0. The fraction of sp³-hybridized carbons (Fsp3) is 0.385. The number of nitrogens with one attached hydrogen (secondary N) is 1. The Balaban J connectivity index is 1.88. The van der Waals surface area contributed by atoms with Crippen LogP contribution in [-0.4, -0.2) is 30.8 Å². The van der Waals surface area contributed by atoms with Crippen LogP contribution in [0.3, 0.4) is 0 Å². The van der Waals surface area contributed by atoms with Gasteiger partial charge in [-0.25, -0.2) is 5.01 Å². The second kappa shape index (κ2) is 5.55. The Bertz CT molecular complexity index is 358. The normalized spacial score (nSPS) is 21.3. The predicted octanol–water partition coefficient (Wildman–Crippen LogP) is 1.74. The smallest absolute Gasteiger partial charge is 0.0829 e. The maximum absolute atomic E-state index is 5.56. The molecule has 0 saturated carbocycles. The highest BCUT2D eigenvalue weighted by molar-refractivity contribution is 5.41. The van der Waals surface area contributed by atoms with Crippen LogP contribution in [0.4, 0.5) is 5.69 Å². The first-order valence-electron chi connectivity index (χ1n) is 5.50. The highest BCUT2D eigenvalue weighted by Crippen LogP contribution is 2.11. The molecule has 1 N–H and O–H groups in total. The number of terminal acetylenes is 1. The van der Waals surface area contributed by atoms with Crippen LogP contribution < -0.4 is 5.43 Å². The molecular formula is C13H16N2O. The van der Waals surface area contributed by atoms with E-state index in [1.54, 1.807) is 0 Å². The monoisotopic (exact) mass is 216 g/mol. The molecule has 1 aliphatic rings. The molecule has 0 aromatic heterocycles. The van der Waals surface area contributed by atoms with Crippen LogP contribution in [0, 0.1) is 12.3 Å². The number of nitrogens with zero attached hydrogens (tertiary/aromatic N) is 1. The second-order valence-corrected chi connectivity index (χ2v) is 3.82. The van der Waals surface area contributed by atoms with Crippen molar-refractivity contribution in [2.75, 3.05) is 25.1 Å². The minimum absolute atomic E-state index is 0.148. The third-order valence-electron chi connectivity index (χ3n) is 2.55. The number of hydrazine groups is 1. The molecule has 0 amide bonds. The largest absolute Gasteiger partial charge is 0.374 e. The molecule has 2 rings (SSSR count). The van der Waals surface area contributed by atoms with Crippen molar-refractivity contribution in [2.45, 2.75) is 12.5 Å². The summed E-state index contributed by atoms with van der Waals surface area (Å²) in [6, 6.07) is 10.1. The number of para-hydroxylation sites is 1. The molecule has 1 saturated heterocycles. The predicted molar refractivity (Wildman–Crippen MR) is 64.8 cm³/mol. The van der Waals surface area contributed by atoms with E-state index in [0.717, 1.165) is 25.4 Å². The molecule has 16 heavy (non-hydrogen) atoms. The molecule has 1 unspecified atom stereocenters. The zero-order valence-corrected chi connectivity index (χ0v) is 9.23. The van der Waals surface area contributed by atoms with Crippen LogP contribution in [-0.2, 0) is 4.74 Å². The summed E-state index contributed by atoms with van der Waals surface area (Å²) in [6.45, 7) is 2.45. The number of benzene rings is 1. The Morgan fingerprint density at radius 1 is 1.44 bits per heavy atom. The summed E-state index contributed by atoms with van der Waals surface area (Å²) in [5, 5.41) is 2.15. The van der Waals surface area contributed by atoms with Crippen LogP contribution >= 0.6 is 0 Å². The lowest BCUT2D eigenvalue weighted by molar-refractivity contribution is -0.0164. The molecule has 0 radical (unpaired) electrons. The summed E-state index contributed by atoms with van der Waals surface area (Å²) >= 11 is 0. The van der Waals surface area contributed by atoms with Gasteiger partial charge in [0.25, 0.3) is 0 Å². The fourth-order valence-corrected chi connectivity index (χ4v) is 1.77. The number of anilines is 1. The summed E-state index contributed by atoms with van der Waals surface area (Å²) in [5.41, 5.74) is 4.45. The molecule has 1 fully saturated rings. The van der Waals surface area contributed by atoms with Gasteiger partial charge in [-0.15, -0.1) is 12.3 Å². The van der Waals surface area contributed by atoms with Gasteiger partial charge in [0.05, 0.1) is 12.7 Å². The van der Waals surface area contributed by atoms with Gasteiger partial charge in [-0.05, 0) is 12.1 Å². The topological polar surface area (TPSA) is 24.5 Å². The highest BCUT2D eigenvalue weighted by atomic mass is 16.5. The first-order valence-corrected chi connectivity index (χ1v) is 5.50. The lowest BCUT2D eigenvalue weighted by atomic mass is 10.2. The second-order valence-electron chi connectivity index (χ2n) is 3.82. The van der Waals surface area contributed by atoms with Gasteiger partial charge in [-0.2, -0.15) is 0 Å². The van der Waals surface area contributed by atoms with Gasteiger partial charge in [0.1, 0.15) is 0 Å². The zero-order chi connectivity index (χ0) is 11.2. The number of ether oxygens (including phenoxy) is 1. The van der Waals surface area contributed by atoms with Gasteiger partial charge < -0.3 is 10.2 Å². The molecule has 3 heteroatoms. The molecule has 84 valence electrons. The van der Waals surface area contributed by atoms with E-state index < -0.39 is 0 Å². The van der Waals surface area contributed by atoms with Gasteiger partial charge >= 0.3 is 0 Å². The van der Waals surface area contributed by atoms with Crippen molar-refractivity contribution in [3.8, 4) is 12.3 Å². The molecule has 1 atom stereocenters. The first kappa shape index (κ1) is 11.0. The minimum atomic E-state index is 0.148. The molecule has 1 aliphatic heterocycles. The molecule has 0 aliphatic carbocycles. The van der Waals surface area contributed by atoms with Crippen molar-refractivity contribution < 1.29 is 4.74 Å². The average molecular weight is 216 g/mol. The molecule has 3 nitrogen and oxygen atoms in total. The molecular weight excluding hydrogens is 200 g/mol. The lowest BCUT2D eigenvalue weighted by Gasteiger charge is -2.32. The molecule has 1 heterocycles. The summed E-state index contributed by atoms with van der Waals surface area (Å²) in [6.07, 6.45) is 6.11. The van der Waals surface area contributed by atoms with Crippen molar-refractivity contribution in [3.63, 3.8) is 0 Å². The molecule has 0 spiro atoms. The first-order chi connectivity index (χ1) is 7.88. The van der Waals surface area contributed by atoms with Gasteiger partial charge in [0, 0.05) is 25.2 Å². The van der Waals surface area contributed by atoms with Crippen molar-refractivity contribution >= 4 is 5.69 Å². The van der Waals surface area contributed by atoms with E-state index >= 15 is 0 Å². The Morgan fingerprint density at radius 2 is 2.25 bits per heavy atom. The summed E-state index contributed by atoms with van der Waals surface area (Å²) < 4.78 is 5.56. The standard InChI is InChI=1S/C13H16N2O/c1-2-6-13-11-15(9-10-16-13)14-12-7-4-3-5-8-12/h1,3-5,7-8,13-14H,6,9-11H2. The third-order valence-corrected chi connectivity index (χ3v) is 2.55. The van der Waals surface area contributed by atoms with E-state index in [2.05, 4.69) is 16.4 Å². The summed E-state index contributed by atoms with van der Waals surface area (Å²) in [7, 11) is 0. The Hall–Kier alpha value is -1.50.